The Morgan fingerprint density at radius 2 is 1.81 bits per heavy atom. The topological polar surface area (TPSA) is 66.0 Å². The summed E-state index contributed by atoms with van der Waals surface area (Å²) in [7, 11) is 4.58. The van der Waals surface area contributed by atoms with Crippen molar-refractivity contribution in [3.8, 4) is 23.0 Å². The van der Waals surface area contributed by atoms with Crippen LogP contribution in [0.25, 0.3) is 0 Å². The minimum Gasteiger partial charge on any atom is -0.493 e. The van der Waals surface area contributed by atoms with Crippen LogP contribution in [0, 0.1) is 5.92 Å². The highest BCUT2D eigenvalue weighted by molar-refractivity contribution is 5.95. The Morgan fingerprint density at radius 3 is 2.46 bits per heavy atom. The highest BCUT2D eigenvalue weighted by Crippen LogP contribution is 2.38. The number of carbonyl (C=O) groups is 1. The van der Waals surface area contributed by atoms with Crippen LogP contribution in [0.3, 0.4) is 0 Å². The van der Waals surface area contributed by atoms with Gasteiger partial charge in [0.1, 0.15) is 5.75 Å². The van der Waals surface area contributed by atoms with Gasteiger partial charge >= 0.3 is 0 Å². The lowest BCUT2D eigenvalue weighted by Crippen LogP contribution is -2.34. The van der Waals surface area contributed by atoms with Crippen LogP contribution in [0.4, 0.5) is 0 Å². The summed E-state index contributed by atoms with van der Waals surface area (Å²) >= 11 is 0. The van der Waals surface area contributed by atoms with Crippen LogP contribution in [0.2, 0.25) is 0 Å². The van der Waals surface area contributed by atoms with Gasteiger partial charge in [0.15, 0.2) is 11.5 Å². The van der Waals surface area contributed by atoms with E-state index in [0.717, 1.165) is 12.2 Å². The summed E-state index contributed by atoms with van der Waals surface area (Å²) in [6, 6.07) is 11.3. The van der Waals surface area contributed by atoms with Crippen LogP contribution in [0.15, 0.2) is 36.4 Å². The van der Waals surface area contributed by atoms with Crippen LogP contribution in [-0.4, -0.2) is 40.4 Å². The predicted molar refractivity (Wildman–Crippen MR) is 97.6 cm³/mol. The van der Waals surface area contributed by atoms with E-state index in [9.17, 15) is 4.79 Å². The van der Waals surface area contributed by atoms with Crippen LogP contribution in [0.1, 0.15) is 15.9 Å². The predicted octanol–water partition coefficient (Wildman–Crippen LogP) is 2.69. The van der Waals surface area contributed by atoms with Gasteiger partial charge in [-0.2, -0.15) is 0 Å². The maximum absolute atomic E-state index is 12.6. The van der Waals surface area contributed by atoms with Crippen molar-refractivity contribution in [3.05, 3.63) is 47.5 Å². The molecule has 1 N–H and O–H groups in total. The molecule has 138 valence electrons. The van der Waals surface area contributed by atoms with E-state index in [1.54, 1.807) is 12.1 Å². The van der Waals surface area contributed by atoms with Gasteiger partial charge in [-0.05, 0) is 30.2 Å². The Morgan fingerprint density at radius 1 is 1.12 bits per heavy atom. The smallest absolute Gasteiger partial charge is 0.251 e. The summed E-state index contributed by atoms with van der Waals surface area (Å²) in [5, 5.41) is 2.97. The lowest BCUT2D eigenvalue weighted by Gasteiger charge is -2.25. The quantitative estimate of drug-likeness (QED) is 0.861. The summed E-state index contributed by atoms with van der Waals surface area (Å²) < 4.78 is 21.6. The number of ether oxygens (including phenoxy) is 4. The van der Waals surface area contributed by atoms with Gasteiger partial charge in [0.25, 0.3) is 5.91 Å². The van der Waals surface area contributed by atoms with Crippen LogP contribution < -0.4 is 24.3 Å². The molecule has 6 nitrogen and oxygen atoms in total. The van der Waals surface area contributed by atoms with Crippen molar-refractivity contribution in [2.24, 2.45) is 5.92 Å². The standard InChI is InChI=1S/C20H23NO5/c1-23-17-9-15(10-18(24-2)19(17)25-3)20(22)21-11-13-8-14-6-4-5-7-16(14)26-12-13/h4-7,9-10,13H,8,11-12H2,1-3H3,(H,21,22). The van der Waals surface area contributed by atoms with Gasteiger partial charge in [0.2, 0.25) is 5.75 Å². The minimum atomic E-state index is -0.192. The zero-order chi connectivity index (χ0) is 18.5. The van der Waals surface area contributed by atoms with E-state index in [0.29, 0.717) is 36.0 Å². The molecule has 2 aromatic carbocycles. The van der Waals surface area contributed by atoms with E-state index in [1.807, 2.05) is 18.2 Å². The van der Waals surface area contributed by atoms with E-state index in [1.165, 1.54) is 26.9 Å². The van der Waals surface area contributed by atoms with Crippen LogP contribution in [0.5, 0.6) is 23.0 Å². The molecule has 0 bridgehead atoms. The maximum atomic E-state index is 12.6. The van der Waals surface area contributed by atoms with Gasteiger partial charge in [0, 0.05) is 18.0 Å². The lowest BCUT2D eigenvalue weighted by molar-refractivity contribution is 0.0938. The first kappa shape index (κ1) is 17.9. The molecule has 26 heavy (non-hydrogen) atoms. The third-order valence-electron chi connectivity index (χ3n) is 4.43. The molecule has 6 heteroatoms. The van der Waals surface area contributed by atoms with Crippen LogP contribution >= 0.6 is 0 Å². The van der Waals surface area contributed by atoms with Crippen LogP contribution in [-0.2, 0) is 6.42 Å². The van der Waals surface area contributed by atoms with E-state index >= 15 is 0 Å². The Kier molecular flexibility index (Phi) is 5.51. The molecule has 0 fully saturated rings. The molecule has 0 spiro atoms. The van der Waals surface area contributed by atoms with Crippen molar-refractivity contribution >= 4 is 5.91 Å². The van der Waals surface area contributed by atoms with Gasteiger partial charge in [-0.15, -0.1) is 0 Å². The highest BCUT2D eigenvalue weighted by Gasteiger charge is 2.21. The van der Waals surface area contributed by atoms with Crippen molar-refractivity contribution in [2.75, 3.05) is 34.5 Å². The monoisotopic (exact) mass is 357 g/mol. The molecule has 1 unspecified atom stereocenters. The maximum Gasteiger partial charge on any atom is 0.251 e. The first-order chi connectivity index (χ1) is 12.7. The number of hydrogen-bond acceptors (Lipinski definition) is 5. The number of carbonyl (C=O) groups excluding carboxylic acids is 1. The van der Waals surface area contributed by atoms with E-state index in [2.05, 4.69) is 11.4 Å². The average Bonchev–Trinajstić information content (AvgIpc) is 2.70. The number of amides is 1. The number of hydrogen-bond donors (Lipinski definition) is 1. The van der Waals surface area contributed by atoms with Gasteiger partial charge < -0.3 is 24.3 Å². The van der Waals surface area contributed by atoms with E-state index in [4.69, 9.17) is 18.9 Å². The molecule has 0 radical (unpaired) electrons. The molecular weight excluding hydrogens is 334 g/mol. The Hall–Kier alpha value is -2.89. The van der Waals surface area contributed by atoms with Crippen molar-refractivity contribution < 1.29 is 23.7 Å². The second-order valence-electron chi connectivity index (χ2n) is 6.11. The van der Waals surface area contributed by atoms with Crippen molar-refractivity contribution in [1.82, 2.24) is 5.32 Å². The minimum absolute atomic E-state index is 0.192. The Balaban J connectivity index is 1.67. The van der Waals surface area contributed by atoms with E-state index in [-0.39, 0.29) is 11.8 Å². The molecule has 0 aliphatic carbocycles. The zero-order valence-electron chi connectivity index (χ0n) is 15.2. The summed E-state index contributed by atoms with van der Waals surface area (Å²) in [5.74, 6) is 2.33. The van der Waals surface area contributed by atoms with Gasteiger partial charge in [-0.3, -0.25) is 4.79 Å². The second kappa shape index (κ2) is 7.99. The fourth-order valence-electron chi connectivity index (χ4n) is 3.07. The number of rotatable bonds is 6. The Labute approximate surface area is 153 Å². The fourth-order valence-corrected chi connectivity index (χ4v) is 3.07. The van der Waals surface area contributed by atoms with E-state index < -0.39 is 0 Å². The SMILES string of the molecule is COc1cc(C(=O)NCC2COc3ccccc3C2)cc(OC)c1OC. The van der Waals surface area contributed by atoms with Gasteiger partial charge in [-0.25, -0.2) is 0 Å². The zero-order valence-corrected chi connectivity index (χ0v) is 15.2. The lowest BCUT2D eigenvalue weighted by atomic mass is 9.96. The molecule has 1 amide bonds. The number of methoxy groups -OCH3 is 3. The molecule has 2 aromatic rings. The van der Waals surface area contributed by atoms with Crippen molar-refractivity contribution in [2.45, 2.75) is 6.42 Å². The summed E-state index contributed by atoms with van der Waals surface area (Å²) in [5.41, 5.74) is 1.63. The summed E-state index contributed by atoms with van der Waals surface area (Å²) in [6.07, 6.45) is 0.881. The Bertz CT molecular complexity index is 765. The highest BCUT2D eigenvalue weighted by atomic mass is 16.5. The first-order valence-corrected chi connectivity index (χ1v) is 8.45. The molecular formula is C20H23NO5. The molecule has 0 aromatic heterocycles. The third kappa shape index (κ3) is 3.69. The van der Waals surface area contributed by atoms with Gasteiger partial charge in [-0.1, -0.05) is 18.2 Å². The molecule has 1 heterocycles. The first-order valence-electron chi connectivity index (χ1n) is 8.45. The fraction of sp³-hybridized carbons (Fsp3) is 0.350. The molecule has 1 aliphatic rings. The second-order valence-corrected chi connectivity index (χ2v) is 6.11. The number of fused-ring (bicyclic) bond motifs is 1. The number of para-hydroxylation sites is 1. The van der Waals surface area contributed by atoms with Crippen molar-refractivity contribution in [3.63, 3.8) is 0 Å². The molecule has 3 rings (SSSR count). The average molecular weight is 357 g/mol. The largest absolute Gasteiger partial charge is 0.493 e. The third-order valence-corrected chi connectivity index (χ3v) is 4.43. The number of nitrogens with one attached hydrogen (secondary N) is 1. The molecule has 0 saturated heterocycles. The summed E-state index contributed by atoms with van der Waals surface area (Å²) in [6.45, 7) is 1.12. The van der Waals surface area contributed by atoms with Gasteiger partial charge in [0.05, 0.1) is 27.9 Å². The molecule has 0 saturated carbocycles. The van der Waals surface area contributed by atoms with Crippen molar-refractivity contribution in [1.29, 1.82) is 0 Å². The normalized spacial score (nSPS) is 15.4. The summed E-state index contributed by atoms with van der Waals surface area (Å²) in [4.78, 5) is 12.6. The molecule has 1 atom stereocenters. The number of benzene rings is 2. The molecule has 1 aliphatic heterocycles.